The molecule has 4 aromatic carbocycles. The summed E-state index contributed by atoms with van der Waals surface area (Å²) in [5, 5.41) is 0. The first-order valence-corrected chi connectivity index (χ1v) is 14.0. The maximum absolute atomic E-state index is 12.0. The van der Waals surface area contributed by atoms with E-state index in [4.69, 9.17) is 9.47 Å². The number of aryl methyl sites for hydroxylation is 4. The molecular weight excluding hydrogens is 556 g/mol. The van der Waals surface area contributed by atoms with Crippen LogP contribution in [0.2, 0.25) is 0 Å². The number of amides is 4. The zero-order chi connectivity index (χ0) is 31.1. The van der Waals surface area contributed by atoms with E-state index in [1.165, 1.54) is 24.3 Å². The summed E-state index contributed by atoms with van der Waals surface area (Å²) in [4.78, 5) is 50.1. The summed E-state index contributed by atoms with van der Waals surface area (Å²) in [7, 11) is 0. The number of ether oxygens (including phenoxy) is 2. The second-order valence-corrected chi connectivity index (χ2v) is 10.8. The number of carbonyl (C=O) groups is 4. The second-order valence-electron chi connectivity index (χ2n) is 10.8. The molecule has 2 aliphatic rings. The molecule has 0 radical (unpaired) electrons. The zero-order valence-corrected chi connectivity index (χ0v) is 24.6. The summed E-state index contributed by atoms with van der Waals surface area (Å²) < 4.78 is 12.4. The fourth-order valence-electron chi connectivity index (χ4n) is 5.43. The Morgan fingerprint density at radius 1 is 0.432 bits per heavy atom. The van der Waals surface area contributed by atoms with Crippen molar-refractivity contribution >= 4 is 35.0 Å². The summed E-state index contributed by atoms with van der Waals surface area (Å²) in [5.74, 6) is 1.21. The molecule has 0 atom stereocenters. The van der Waals surface area contributed by atoms with Crippen molar-refractivity contribution in [3.8, 4) is 34.1 Å². The van der Waals surface area contributed by atoms with Crippen molar-refractivity contribution in [2.75, 3.05) is 9.80 Å². The van der Waals surface area contributed by atoms with Gasteiger partial charge in [0.2, 0.25) is 0 Å². The number of benzene rings is 4. The van der Waals surface area contributed by atoms with Crippen molar-refractivity contribution < 1.29 is 28.7 Å². The van der Waals surface area contributed by atoms with Crippen molar-refractivity contribution in [3.05, 3.63) is 119 Å². The van der Waals surface area contributed by atoms with Gasteiger partial charge in [-0.2, -0.15) is 0 Å². The van der Waals surface area contributed by atoms with Crippen LogP contribution in [0.1, 0.15) is 22.3 Å². The van der Waals surface area contributed by atoms with Gasteiger partial charge >= 0.3 is 0 Å². The lowest BCUT2D eigenvalue weighted by Crippen LogP contribution is -2.29. The maximum atomic E-state index is 12.0. The average Bonchev–Trinajstić information content (AvgIpc) is 3.52. The molecule has 8 nitrogen and oxygen atoms in total. The van der Waals surface area contributed by atoms with Gasteiger partial charge in [-0.05, 0) is 134 Å². The lowest BCUT2D eigenvalue weighted by molar-refractivity contribution is -0.121. The largest absolute Gasteiger partial charge is 0.457 e. The first-order chi connectivity index (χ1) is 21.1. The smallest absolute Gasteiger partial charge is 0.258 e. The molecule has 4 aromatic rings. The second kappa shape index (κ2) is 11.1. The number of hydrogen-bond donors (Lipinski definition) is 0. The van der Waals surface area contributed by atoms with Gasteiger partial charge in [-0.15, -0.1) is 0 Å². The lowest BCUT2D eigenvalue weighted by Gasteiger charge is -2.18. The molecule has 0 bridgehead atoms. The molecule has 2 heterocycles. The Morgan fingerprint density at radius 2 is 0.705 bits per heavy atom. The van der Waals surface area contributed by atoms with E-state index in [1.807, 2.05) is 27.7 Å². The van der Waals surface area contributed by atoms with Crippen LogP contribution in [-0.2, 0) is 19.2 Å². The molecule has 0 spiro atoms. The van der Waals surface area contributed by atoms with E-state index >= 15 is 0 Å². The lowest BCUT2D eigenvalue weighted by atomic mass is 9.96. The Bertz CT molecular complexity index is 1700. The molecule has 6 rings (SSSR count). The van der Waals surface area contributed by atoms with Crippen LogP contribution >= 0.6 is 0 Å². The van der Waals surface area contributed by atoms with E-state index in [0.29, 0.717) is 22.9 Å². The highest BCUT2D eigenvalue weighted by Crippen LogP contribution is 2.38. The van der Waals surface area contributed by atoms with Gasteiger partial charge in [0.1, 0.15) is 23.0 Å². The monoisotopic (exact) mass is 584 g/mol. The van der Waals surface area contributed by atoms with Gasteiger partial charge in [-0.3, -0.25) is 19.2 Å². The Hall–Kier alpha value is -5.76. The third-order valence-corrected chi connectivity index (χ3v) is 7.50. The molecule has 4 amide bonds. The molecule has 0 fully saturated rings. The molecule has 0 saturated carbocycles. The van der Waals surface area contributed by atoms with Crippen LogP contribution in [0.25, 0.3) is 11.1 Å². The summed E-state index contributed by atoms with van der Waals surface area (Å²) in [6, 6.07) is 22.0. The Labute approximate surface area is 254 Å². The quantitative estimate of drug-likeness (QED) is 0.217. The highest BCUT2D eigenvalue weighted by Gasteiger charge is 2.26. The van der Waals surface area contributed by atoms with Crippen LogP contribution in [0.4, 0.5) is 11.4 Å². The third-order valence-electron chi connectivity index (χ3n) is 7.50. The first kappa shape index (κ1) is 28.4. The van der Waals surface area contributed by atoms with E-state index < -0.39 is 0 Å². The summed E-state index contributed by atoms with van der Waals surface area (Å²) in [5.41, 5.74) is 6.89. The fourth-order valence-corrected chi connectivity index (χ4v) is 5.43. The number of carbonyl (C=O) groups excluding carboxylic acids is 4. The molecular formula is C36H28N2O6. The minimum absolute atomic E-state index is 0.363. The van der Waals surface area contributed by atoms with E-state index in [1.54, 1.807) is 48.5 Å². The summed E-state index contributed by atoms with van der Waals surface area (Å²) in [6.45, 7) is 7.97. The van der Waals surface area contributed by atoms with Crippen LogP contribution in [0.15, 0.2) is 97.1 Å². The average molecular weight is 585 g/mol. The molecule has 44 heavy (non-hydrogen) atoms. The summed E-state index contributed by atoms with van der Waals surface area (Å²) >= 11 is 0. The molecule has 0 unspecified atom stereocenters. The van der Waals surface area contributed by atoms with Gasteiger partial charge in [0.05, 0.1) is 11.4 Å². The minimum atomic E-state index is -0.363. The van der Waals surface area contributed by atoms with Gasteiger partial charge in [0.15, 0.2) is 0 Å². The van der Waals surface area contributed by atoms with Gasteiger partial charge in [0, 0.05) is 24.3 Å². The number of rotatable bonds is 7. The molecule has 218 valence electrons. The number of imide groups is 2. The summed E-state index contributed by atoms with van der Waals surface area (Å²) in [6.07, 6.45) is 5.03. The van der Waals surface area contributed by atoms with Crippen LogP contribution in [0.5, 0.6) is 23.0 Å². The predicted molar refractivity (Wildman–Crippen MR) is 167 cm³/mol. The van der Waals surface area contributed by atoms with Crippen LogP contribution < -0.4 is 19.3 Å². The fraction of sp³-hybridized carbons (Fsp3) is 0.111. The normalized spacial score (nSPS) is 14.3. The van der Waals surface area contributed by atoms with E-state index in [9.17, 15) is 19.2 Å². The highest BCUT2D eigenvalue weighted by atomic mass is 16.5. The molecule has 2 aliphatic heterocycles. The van der Waals surface area contributed by atoms with Gasteiger partial charge in [0.25, 0.3) is 23.6 Å². The molecule has 0 aromatic heterocycles. The van der Waals surface area contributed by atoms with Crippen LogP contribution in [-0.4, -0.2) is 23.6 Å². The van der Waals surface area contributed by atoms with Crippen molar-refractivity contribution in [1.29, 1.82) is 0 Å². The molecule has 0 aliphatic carbocycles. The van der Waals surface area contributed by atoms with Crippen molar-refractivity contribution in [1.82, 2.24) is 0 Å². The Kier molecular flexibility index (Phi) is 7.19. The topological polar surface area (TPSA) is 93.2 Å². The first-order valence-electron chi connectivity index (χ1n) is 14.0. The van der Waals surface area contributed by atoms with E-state index in [-0.39, 0.29) is 23.6 Å². The van der Waals surface area contributed by atoms with Crippen LogP contribution in [0, 0.1) is 27.7 Å². The predicted octanol–water partition coefficient (Wildman–Crippen LogP) is 7.03. The third kappa shape index (κ3) is 5.29. The molecule has 8 heteroatoms. The Morgan fingerprint density at radius 3 is 0.977 bits per heavy atom. The zero-order valence-electron chi connectivity index (χ0n) is 24.6. The minimum Gasteiger partial charge on any atom is -0.457 e. The number of nitrogens with zero attached hydrogens (tertiary/aromatic N) is 2. The van der Waals surface area contributed by atoms with Gasteiger partial charge < -0.3 is 9.47 Å². The van der Waals surface area contributed by atoms with E-state index in [0.717, 1.165) is 54.7 Å². The molecule has 0 N–H and O–H groups in total. The number of hydrogen-bond acceptors (Lipinski definition) is 6. The van der Waals surface area contributed by atoms with Gasteiger partial charge in [-0.1, -0.05) is 0 Å². The van der Waals surface area contributed by atoms with Crippen molar-refractivity contribution in [2.45, 2.75) is 27.7 Å². The Balaban J connectivity index is 1.18. The standard InChI is InChI=1S/C36H28N2O6/c1-21-17-25(18-22(2)35(21)43-29-9-5-27(6-10-29)37-31(39)13-14-32(37)40)26-19-23(3)36(24(4)20-26)44-30-11-7-28(8-12-30)38-33(41)15-16-34(38)42/h5-20H,1-4H3. The van der Waals surface area contributed by atoms with Crippen molar-refractivity contribution in [3.63, 3.8) is 0 Å². The van der Waals surface area contributed by atoms with E-state index in [2.05, 4.69) is 24.3 Å². The SMILES string of the molecule is Cc1cc(-c2cc(C)c(Oc3ccc(N4C(=O)C=CC4=O)cc3)c(C)c2)cc(C)c1Oc1ccc(N2C(=O)C=CC2=O)cc1. The van der Waals surface area contributed by atoms with Crippen molar-refractivity contribution in [2.24, 2.45) is 0 Å². The van der Waals surface area contributed by atoms with Gasteiger partial charge in [-0.25, -0.2) is 9.80 Å². The maximum Gasteiger partial charge on any atom is 0.258 e. The number of anilines is 2. The van der Waals surface area contributed by atoms with Crippen LogP contribution in [0.3, 0.4) is 0 Å². The molecule has 0 saturated heterocycles. The highest BCUT2D eigenvalue weighted by molar-refractivity contribution is 6.28.